The van der Waals surface area contributed by atoms with E-state index in [9.17, 15) is 9.59 Å². The molecular weight excluding hydrogens is 226 g/mol. The minimum Gasteiger partial charge on any atom is -0.269 e. The molecule has 1 atom stereocenters. The number of nitrogens with zero attached hydrogens (tertiary/aromatic N) is 1. The first-order valence-electron chi connectivity index (χ1n) is 6.33. The maximum absolute atomic E-state index is 12.3. The van der Waals surface area contributed by atoms with Crippen LogP contribution in [-0.4, -0.2) is 22.8 Å². The zero-order valence-corrected chi connectivity index (χ0v) is 10.3. The molecule has 92 valence electrons. The van der Waals surface area contributed by atoms with E-state index in [1.807, 2.05) is 6.92 Å². The molecule has 0 fully saturated rings. The number of hydrogen-bond donors (Lipinski definition) is 0. The van der Waals surface area contributed by atoms with Crippen LogP contribution in [0.2, 0.25) is 0 Å². The first-order chi connectivity index (χ1) is 8.70. The topological polar surface area (TPSA) is 37.4 Å². The molecule has 3 nitrogen and oxygen atoms in total. The van der Waals surface area contributed by atoms with E-state index in [2.05, 4.69) is 6.08 Å². The van der Waals surface area contributed by atoms with Crippen molar-refractivity contribution < 1.29 is 9.59 Å². The van der Waals surface area contributed by atoms with Crippen molar-refractivity contribution in [2.45, 2.75) is 32.2 Å². The van der Waals surface area contributed by atoms with Gasteiger partial charge >= 0.3 is 0 Å². The summed E-state index contributed by atoms with van der Waals surface area (Å²) in [5.41, 5.74) is 2.22. The SMILES string of the molecule is CC1=CCCCC1N1C(=O)c2ccccc2C1=O. The van der Waals surface area contributed by atoms with Gasteiger partial charge in [0, 0.05) is 0 Å². The van der Waals surface area contributed by atoms with Crippen LogP contribution in [0.4, 0.5) is 0 Å². The lowest BCUT2D eigenvalue weighted by Gasteiger charge is -2.29. The summed E-state index contributed by atoms with van der Waals surface area (Å²) in [6.45, 7) is 2.01. The average Bonchev–Trinajstić information content (AvgIpc) is 2.64. The molecule has 0 radical (unpaired) electrons. The van der Waals surface area contributed by atoms with Crippen LogP contribution in [-0.2, 0) is 0 Å². The number of hydrogen-bond acceptors (Lipinski definition) is 2. The number of carbonyl (C=O) groups excluding carboxylic acids is 2. The monoisotopic (exact) mass is 241 g/mol. The second-order valence-electron chi connectivity index (χ2n) is 4.92. The van der Waals surface area contributed by atoms with Crippen molar-refractivity contribution >= 4 is 11.8 Å². The van der Waals surface area contributed by atoms with Gasteiger partial charge in [-0.25, -0.2) is 0 Å². The van der Waals surface area contributed by atoms with E-state index in [0.29, 0.717) is 11.1 Å². The van der Waals surface area contributed by atoms with Gasteiger partial charge in [-0.1, -0.05) is 23.8 Å². The molecule has 0 saturated carbocycles. The van der Waals surface area contributed by atoms with Gasteiger partial charge in [0.05, 0.1) is 17.2 Å². The number of allylic oxidation sites excluding steroid dienone is 1. The fourth-order valence-corrected chi connectivity index (χ4v) is 2.83. The van der Waals surface area contributed by atoms with Crippen molar-refractivity contribution in [1.29, 1.82) is 0 Å². The molecule has 1 aliphatic carbocycles. The Morgan fingerprint density at radius 3 is 2.28 bits per heavy atom. The lowest BCUT2D eigenvalue weighted by atomic mass is 9.94. The lowest BCUT2D eigenvalue weighted by molar-refractivity contribution is 0.0596. The van der Waals surface area contributed by atoms with Gasteiger partial charge in [0.2, 0.25) is 0 Å². The van der Waals surface area contributed by atoms with Crippen LogP contribution < -0.4 is 0 Å². The summed E-state index contributed by atoms with van der Waals surface area (Å²) in [5.74, 6) is -0.287. The third-order valence-electron chi connectivity index (χ3n) is 3.81. The Bertz CT molecular complexity index is 524. The van der Waals surface area contributed by atoms with Crippen LogP contribution >= 0.6 is 0 Å². The van der Waals surface area contributed by atoms with Crippen molar-refractivity contribution in [3.8, 4) is 0 Å². The van der Waals surface area contributed by atoms with Gasteiger partial charge < -0.3 is 0 Å². The largest absolute Gasteiger partial charge is 0.269 e. The number of fused-ring (bicyclic) bond motifs is 1. The third kappa shape index (κ3) is 1.50. The smallest absolute Gasteiger partial charge is 0.262 e. The predicted molar refractivity (Wildman–Crippen MR) is 68.3 cm³/mol. The van der Waals surface area contributed by atoms with E-state index in [1.165, 1.54) is 4.90 Å². The van der Waals surface area contributed by atoms with Gasteiger partial charge in [0.15, 0.2) is 0 Å². The highest BCUT2D eigenvalue weighted by Crippen LogP contribution is 2.31. The fraction of sp³-hybridized carbons (Fsp3) is 0.333. The maximum atomic E-state index is 12.3. The maximum Gasteiger partial charge on any atom is 0.262 e. The molecule has 18 heavy (non-hydrogen) atoms. The minimum atomic E-state index is -0.143. The van der Waals surface area contributed by atoms with Crippen LogP contribution in [0.5, 0.6) is 0 Å². The summed E-state index contributed by atoms with van der Waals surface area (Å²) < 4.78 is 0. The first-order valence-corrected chi connectivity index (χ1v) is 6.33. The predicted octanol–water partition coefficient (Wildman–Crippen LogP) is 2.78. The molecule has 3 rings (SSSR count). The highest BCUT2D eigenvalue weighted by Gasteiger charge is 2.40. The third-order valence-corrected chi connectivity index (χ3v) is 3.81. The molecule has 2 aliphatic rings. The van der Waals surface area contributed by atoms with Crippen molar-refractivity contribution in [3.05, 3.63) is 47.0 Å². The Labute approximate surface area is 106 Å². The van der Waals surface area contributed by atoms with Crippen LogP contribution in [0.15, 0.2) is 35.9 Å². The molecule has 3 heteroatoms. The fourth-order valence-electron chi connectivity index (χ4n) is 2.83. The minimum absolute atomic E-state index is 0.0499. The molecule has 0 N–H and O–H groups in total. The number of benzene rings is 1. The van der Waals surface area contributed by atoms with E-state index in [1.54, 1.807) is 24.3 Å². The number of carbonyl (C=O) groups is 2. The molecule has 0 saturated heterocycles. The van der Waals surface area contributed by atoms with Crippen molar-refractivity contribution in [2.75, 3.05) is 0 Å². The summed E-state index contributed by atoms with van der Waals surface area (Å²) in [6, 6.07) is 7.02. The summed E-state index contributed by atoms with van der Waals surface area (Å²) in [6.07, 6.45) is 5.10. The Morgan fingerprint density at radius 2 is 1.72 bits per heavy atom. The van der Waals surface area contributed by atoms with Crippen LogP contribution in [0.3, 0.4) is 0 Å². The van der Waals surface area contributed by atoms with Crippen LogP contribution in [0.1, 0.15) is 46.9 Å². The second kappa shape index (κ2) is 4.09. The zero-order chi connectivity index (χ0) is 12.7. The summed E-state index contributed by atoms with van der Waals surface area (Å²) >= 11 is 0. The quantitative estimate of drug-likeness (QED) is 0.560. The molecule has 1 unspecified atom stereocenters. The highest BCUT2D eigenvalue weighted by molar-refractivity contribution is 6.21. The summed E-state index contributed by atoms with van der Waals surface area (Å²) in [4.78, 5) is 26.1. The van der Waals surface area contributed by atoms with Gasteiger partial charge in [0.25, 0.3) is 11.8 Å². The van der Waals surface area contributed by atoms with Crippen molar-refractivity contribution in [2.24, 2.45) is 0 Å². The number of imide groups is 1. The molecular formula is C15H15NO2. The lowest BCUT2D eigenvalue weighted by Crippen LogP contribution is -2.41. The van der Waals surface area contributed by atoms with Gasteiger partial charge in [-0.2, -0.15) is 0 Å². The van der Waals surface area contributed by atoms with E-state index in [4.69, 9.17) is 0 Å². The highest BCUT2D eigenvalue weighted by atomic mass is 16.2. The average molecular weight is 241 g/mol. The first kappa shape index (κ1) is 11.2. The summed E-state index contributed by atoms with van der Waals surface area (Å²) in [7, 11) is 0. The van der Waals surface area contributed by atoms with Crippen molar-refractivity contribution in [1.82, 2.24) is 4.90 Å². The van der Waals surface area contributed by atoms with Crippen LogP contribution in [0, 0.1) is 0 Å². The molecule has 2 amide bonds. The molecule has 0 aromatic heterocycles. The molecule has 1 aromatic carbocycles. The second-order valence-corrected chi connectivity index (χ2v) is 4.92. The Morgan fingerprint density at radius 1 is 1.11 bits per heavy atom. The van der Waals surface area contributed by atoms with E-state index in [0.717, 1.165) is 24.8 Å². The standard InChI is InChI=1S/C15H15NO2/c1-10-6-2-5-9-13(10)16-14(17)11-7-3-4-8-12(11)15(16)18/h3-4,6-8,13H,2,5,9H2,1H3. The molecule has 0 spiro atoms. The van der Waals surface area contributed by atoms with E-state index < -0.39 is 0 Å². The zero-order valence-electron chi connectivity index (χ0n) is 10.3. The number of rotatable bonds is 1. The Balaban J connectivity index is 2.02. The van der Waals surface area contributed by atoms with Gasteiger partial charge in [0.1, 0.15) is 0 Å². The van der Waals surface area contributed by atoms with Crippen molar-refractivity contribution in [3.63, 3.8) is 0 Å². The van der Waals surface area contributed by atoms with Gasteiger partial charge in [-0.3, -0.25) is 14.5 Å². The summed E-state index contributed by atoms with van der Waals surface area (Å²) in [5, 5.41) is 0. The van der Waals surface area contributed by atoms with E-state index >= 15 is 0 Å². The van der Waals surface area contributed by atoms with Gasteiger partial charge in [-0.05, 0) is 38.3 Å². The molecule has 1 heterocycles. The van der Waals surface area contributed by atoms with Gasteiger partial charge in [-0.15, -0.1) is 0 Å². The molecule has 1 aliphatic heterocycles. The number of amides is 2. The van der Waals surface area contributed by atoms with E-state index in [-0.39, 0.29) is 17.9 Å². The van der Waals surface area contributed by atoms with Crippen LogP contribution in [0.25, 0.3) is 0 Å². The molecule has 0 bridgehead atoms. The molecule has 1 aromatic rings. The normalized spacial score (nSPS) is 23.1. The Hall–Kier alpha value is -1.90. The Kier molecular flexibility index (Phi) is 2.54.